The van der Waals surface area contributed by atoms with Gasteiger partial charge in [0.15, 0.2) is 0 Å². The van der Waals surface area contributed by atoms with Crippen molar-refractivity contribution in [3.63, 3.8) is 0 Å². The second kappa shape index (κ2) is 15.1. The average molecular weight is 487 g/mol. The molecule has 131 valence electrons. The molecule has 0 heterocycles. The summed E-state index contributed by atoms with van der Waals surface area (Å²) in [6.45, 7) is 0. The monoisotopic (exact) mass is 487 g/mol. The molecule has 0 unspecified atom stereocenters. The Kier molecular flexibility index (Phi) is 26.3. The van der Waals surface area contributed by atoms with E-state index in [1.54, 1.807) is 0 Å². The molecule has 0 aromatic carbocycles. The Bertz CT molecular complexity index is 479. The molecule has 0 saturated heterocycles. The maximum atomic E-state index is 8.52. The van der Waals surface area contributed by atoms with E-state index in [1.165, 1.54) is 0 Å². The van der Waals surface area contributed by atoms with E-state index in [0.29, 0.717) is 0 Å². The van der Waals surface area contributed by atoms with E-state index in [9.17, 15) is 0 Å². The first-order valence-electron chi connectivity index (χ1n) is 2.67. The van der Waals surface area contributed by atoms with Crippen LogP contribution in [0.2, 0.25) is 0 Å². The van der Waals surface area contributed by atoms with Crippen molar-refractivity contribution >= 4 is 41.6 Å². The fourth-order valence-corrected chi connectivity index (χ4v) is 0. The second-order valence-corrected chi connectivity index (χ2v) is 4.90. The van der Waals surface area contributed by atoms with E-state index >= 15 is 0 Å². The summed E-state index contributed by atoms with van der Waals surface area (Å²) >= 11 is 0. The van der Waals surface area contributed by atoms with Gasteiger partial charge < -0.3 is 36.4 Å². The van der Waals surface area contributed by atoms with Crippen LogP contribution in [0.5, 0.6) is 0 Å². The first-order valence-corrected chi connectivity index (χ1v) is 8.00. The molecule has 16 nitrogen and oxygen atoms in total. The Morgan fingerprint density at radius 1 is 0.364 bits per heavy atom. The minimum atomic E-state index is -5.17. The van der Waals surface area contributed by atoms with E-state index in [-0.39, 0.29) is 35.9 Å². The summed E-state index contributed by atoms with van der Waals surface area (Å²) in [5.41, 5.74) is 0. The molecule has 0 N–H and O–H groups in total. The molecule has 0 rings (SSSR count). The molecule has 0 aliphatic carbocycles. The molecule has 0 aliphatic rings. The van der Waals surface area contributed by atoms with E-state index in [2.05, 4.69) is 0 Å². The summed E-state index contributed by atoms with van der Waals surface area (Å²) in [5.74, 6) is 0. The van der Waals surface area contributed by atoms with Crippen molar-refractivity contribution in [1.82, 2.24) is 0 Å². The first-order chi connectivity index (χ1) is 8.00. The standard InChI is InChI=1S/Cr.4H2O4S.V/c;4*1-5(2,3)4;/h;4*(H2,1,2,3,4);/q+3;;;;;+5/p-8. The van der Waals surface area contributed by atoms with E-state index in [1.807, 2.05) is 0 Å². The third-order valence-corrected chi connectivity index (χ3v) is 0. The number of hydrogen-bond acceptors (Lipinski definition) is 16. The van der Waals surface area contributed by atoms with Crippen LogP contribution < -0.4 is 0 Å². The van der Waals surface area contributed by atoms with Crippen molar-refractivity contribution in [2.45, 2.75) is 0 Å². The smallest absolute Gasteiger partial charge is 0.759 e. The molecule has 0 fully saturated rings. The predicted molar refractivity (Wildman–Crippen MR) is 41.9 cm³/mol. The molecule has 0 atom stereocenters. The summed E-state index contributed by atoms with van der Waals surface area (Å²) in [5, 5.41) is 0. The zero-order valence-corrected chi connectivity index (χ0v) is 15.0. The minimum Gasteiger partial charge on any atom is -0.759 e. The summed E-state index contributed by atoms with van der Waals surface area (Å²) < 4.78 is 136. The van der Waals surface area contributed by atoms with Gasteiger partial charge in [-0.25, -0.2) is 0 Å². The van der Waals surface area contributed by atoms with Crippen molar-refractivity contribution in [2.24, 2.45) is 0 Å². The molecule has 1 radical (unpaired) electrons. The van der Waals surface area contributed by atoms with Crippen LogP contribution in [-0.2, 0) is 77.5 Å². The van der Waals surface area contributed by atoms with Crippen molar-refractivity contribution in [3.05, 3.63) is 0 Å². The molecule has 0 amide bonds. The molecule has 0 aliphatic heterocycles. The third-order valence-electron chi connectivity index (χ3n) is 0. The largest absolute Gasteiger partial charge is 5.00 e. The Morgan fingerprint density at radius 3 is 0.364 bits per heavy atom. The van der Waals surface area contributed by atoms with Gasteiger partial charge in [-0.3, -0.25) is 33.7 Å². The topological polar surface area (TPSA) is 321 Å². The average Bonchev–Trinajstić information content (AvgIpc) is 1.62. The van der Waals surface area contributed by atoms with Crippen LogP contribution in [0, 0.1) is 0 Å². The van der Waals surface area contributed by atoms with E-state index in [4.69, 9.17) is 70.1 Å². The van der Waals surface area contributed by atoms with Gasteiger partial charge >= 0.3 is 35.9 Å². The van der Waals surface area contributed by atoms with Gasteiger partial charge in [0.05, 0.1) is 0 Å². The molecule has 0 bridgehead atoms. The zero-order valence-electron chi connectivity index (χ0n) is 9.02. The van der Waals surface area contributed by atoms with Gasteiger partial charge in [-0.05, 0) is 0 Å². The molecule has 0 spiro atoms. The van der Waals surface area contributed by atoms with Gasteiger partial charge in [-0.1, -0.05) is 0 Å². The van der Waals surface area contributed by atoms with Crippen molar-refractivity contribution in [1.29, 1.82) is 0 Å². The van der Waals surface area contributed by atoms with Gasteiger partial charge in [-0.2, -0.15) is 0 Å². The van der Waals surface area contributed by atoms with Gasteiger partial charge in [-0.15, -0.1) is 0 Å². The fraction of sp³-hybridized carbons (Fsp3) is 0. The van der Waals surface area contributed by atoms with Gasteiger partial charge in [0.2, 0.25) is 0 Å². The Hall–Kier alpha value is 0.597. The molecule has 22 heavy (non-hydrogen) atoms. The fourth-order valence-electron chi connectivity index (χ4n) is 0. The summed E-state index contributed by atoms with van der Waals surface area (Å²) in [4.78, 5) is 0. The molecule has 22 heteroatoms. The molecule has 0 saturated carbocycles. The van der Waals surface area contributed by atoms with Crippen molar-refractivity contribution in [3.8, 4) is 0 Å². The number of rotatable bonds is 0. The van der Waals surface area contributed by atoms with Crippen LogP contribution in [0.15, 0.2) is 0 Å². The Morgan fingerprint density at radius 2 is 0.364 bits per heavy atom. The quantitative estimate of drug-likeness (QED) is 0.227. The molecule has 0 aromatic rings. The Balaban J connectivity index is -0.0000000376. The minimum absolute atomic E-state index is 0. The first kappa shape index (κ1) is 38.3. The normalized spacial score (nSPS) is 10.5. The molecular formula is CrO16S4V. The Labute approximate surface area is 147 Å². The second-order valence-electron chi connectivity index (χ2n) is 1.63. The van der Waals surface area contributed by atoms with Gasteiger partial charge in [0.1, 0.15) is 0 Å². The van der Waals surface area contributed by atoms with Crippen LogP contribution in [0.4, 0.5) is 0 Å². The van der Waals surface area contributed by atoms with Crippen LogP contribution in [0.3, 0.4) is 0 Å². The number of hydrogen-bond donors (Lipinski definition) is 0. The summed E-state index contributed by atoms with van der Waals surface area (Å²) in [6.07, 6.45) is 0. The van der Waals surface area contributed by atoms with Crippen LogP contribution in [0.25, 0.3) is 0 Å². The van der Waals surface area contributed by atoms with Gasteiger partial charge in [0.25, 0.3) is 0 Å². The summed E-state index contributed by atoms with van der Waals surface area (Å²) in [7, 11) is -20.7. The van der Waals surface area contributed by atoms with Crippen LogP contribution >= 0.6 is 0 Å². The third kappa shape index (κ3) is 22200. The maximum Gasteiger partial charge on any atom is 5.00 e. The SMILES string of the molecule is O=S(=O)([O-])[O-].O=S(=O)([O-])[O-].O=S(=O)([O-])[O-].O=S(=O)([O-])[O-].[Cr+3].[V+5]. The van der Waals surface area contributed by atoms with Crippen molar-refractivity contribution < 1.29 is 106 Å². The van der Waals surface area contributed by atoms with Crippen LogP contribution in [0.1, 0.15) is 0 Å². The van der Waals surface area contributed by atoms with Crippen LogP contribution in [-0.4, -0.2) is 70.1 Å². The zero-order chi connectivity index (χ0) is 18.0. The molecule has 0 aromatic heterocycles. The maximum absolute atomic E-state index is 8.52. The van der Waals surface area contributed by atoms with E-state index < -0.39 is 41.6 Å². The van der Waals surface area contributed by atoms with Gasteiger partial charge in [0, 0.05) is 41.6 Å². The van der Waals surface area contributed by atoms with Crippen molar-refractivity contribution in [2.75, 3.05) is 0 Å². The van der Waals surface area contributed by atoms with E-state index in [0.717, 1.165) is 0 Å². The summed E-state index contributed by atoms with van der Waals surface area (Å²) in [6, 6.07) is 0. The molecular weight excluding hydrogens is 487 g/mol. The predicted octanol–water partition coefficient (Wildman–Crippen LogP) is -5.36.